The molecule has 3 aromatic rings. The van der Waals surface area contributed by atoms with Crippen molar-refractivity contribution in [2.24, 2.45) is 0 Å². The Balaban J connectivity index is 1.68. The van der Waals surface area contributed by atoms with Crippen LogP contribution in [0.1, 0.15) is 12.0 Å². The van der Waals surface area contributed by atoms with Gasteiger partial charge in [0.05, 0.1) is 29.2 Å². The monoisotopic (exact) mass is 436 g/mol. The number of halogens is 1. The van der Waals surface area contributed by atoms with Gasteiger partial charge in [0.2, 0.25) is 0 Å². The van der Waals surface area contributed by atoms with Crippen LogP contribution in [0.3, 0.4) is 0 Å². The van der Waals surface area contributed by atoms with Crippen LogP contribution in [0.15, 0.2) is 62.6 Å². The Hall–Kier alpha value is -2.84. The summed E-state index contributed by atoms with van der Waals surface area (Å²) in [5, 5.41) is 0.681. The molecule has 29 heavy (non-hydrogen) atoms. The van der Waals surface area contributed by atoms with Crippen molar-refractivity contribution in [2.75, 3.05) is 12.9 Å². The average molecular weight is 437 g/mol. The van der Waals surface area contributed by atoms with Crippen molar-refractivity contribution in [1.82, 2.24) is 0 Å². The van der Waals surface area contributed by atoms with E-state index in [1.165, 1.54) is 25.3 Å². The van der Waals surface area contributed by atoms with E-state index in [0.29, 0.717) is 22.3 Å². The third-order valence-electron chi connectivity index (χ3n) is 4.17. The minimum absolute atomic E-state index is 0.0323. The lowest BCUT2D eigenvalue weighted by atomic mass is 10.1. The Morgan fingerprint density at radius 2 is 1.90 bits per heavy atom. The topological polar surface area (TPSA) is 99.9 Å². The maximum absolute atomic E-state index is 12.4. The van der Waals surface area contributed by atoms with Crippen LogP contribution in [0.4, 0.5) is 0 Å². The minimum Gasteiger partial charge on any atom is -0.497 e. The van der Waals surface area contributed by atoms with Gasteiger partial charge in [0.1, 0.15) is 17.9 Å². The van der Waals surface area contributed by atoms with Crippen molar-refractivity contribution in [3.05, 3.63) is 69.5 Å². The Morgan fingerprint density at radius 1 is 1.14 bits per heavy atom. The Morgan fingerprint density at radius 3 is 2.62 bits per heavy atom. The fourth-order valence-corrected chi connectivity index (χ4v) is 4.51. The predicted molar refractivity (Wildman–Crippen MR) is 107 cm³/mol. The second-order valence-corrected chi connectivity index (χ2v) is 8.60. The largest absolute Gasteiger partial charge is 0.497 e. The number of carbonyl (C=O) groups excluding carboxylic acids is 1. The number of methoxy groups -OCH3 is 1. The number of rotatable bonds is 7. The Labute approximate surface area is 171 Å². The smallest absolute Gasteiger partial charge is 0.336 e. The van der Waals surface area contributed by atoms with Gasteiger partial charge in [-0.05, 0) is 24.3 Å². The van der Waals surface area contributed by atoms with E-state index in [-0.39, 0.29) is 22.9 Å². The van der Waals surface area contributed by atoms with Gasteiger partial charge in [-0.15, -0.1) is 0 Å². The fraction of sp³-hybridized carbons (Fsp3) is 0.200. The molecule has 0 spiro atoms. The molecule has 2 aromatic carbocycles. The number of benzene rings is 2. The van der Waals surface area contributed by atoms with Crippen molar-refractivity contribution in [1.29, 1.82) is 0 Å². The number of fused-ring (bicyclic) bond motifs is 1. The van der Waals surface area contributed by atoms with Gasteiger partial charge < -0.3 is 13.9 Å². The Bertz CT molecular complexity index is 1210. The zero-order chi connectivity index (χ0) is 21.0. The van der Waals surface area contributed by atoms with Crippen LogP contribution in [0.5, 0.6) is 5.75 Å². The average Bonchev–Trinajstić information content (AvgIpc) is 2.70. The molecule has 0 N–H and O–H groups in total. The van der Waals surface area contributed by atoms with Crippen molar-refractivity contribution in [2.45, 2.75) is 17.9 Å². The molecular formula is C20H17ClO7S. The molecule has 152 valence electrons. The highest BCUT2D eigenvalue weighted by atomic mass is 35.5. The summed E-state index contributed by atoms with van der Waals surface area (Å²) in [7, 11) is -2.24. The van der Waals surface area contributed by atoms with E-state index < -0.39 is 27.2 Å². The summed E-state index contributed by atoms with van der Waals surface area (Å²) in [6.45, 7) is -0.195. The van der Waals surface area contributed by atoms with E-state index in [9.17, 15) is 18.0 Å². The minimum atomic E-state index is -3.73. The molecule has 0 unspecified atom stereocenters. The first kappa shape index (κ1) is 20.9. The molecule has 0 radical (unpaired) electrons. The standard InChI is InChI=1S/C20H17ClO7S/c1-26-14-6-7-15-13(10-20(23)28-17(15)11-14)12-27-19(22)8-9-29(24,25)18-5-3-2-4-16(18)21/h2-7,10-11H,8-9,12H2,1H3. The quantitative estimate of drug-likeness (QED) is 0.413. The molecule has 1 heterocycles. The molecule has 0 amide bonds. The molecule has 0 saturated carbocycles. The van der Waals surface area contributed by atoms with Crippen LogP contribution < -0.4 is 10.4 Å². The molecule has 1 aromatic heterocycles. The highest BCUT2D eigenvalue weighted by Gasteiger charge is 2.20. The van der Waals surface area contributed by atoms with Gasteiger partial charge in [0, 0.05) is 23.1 Å². The van der Waals surface area contributed by atoms with Crippen LogP contribution >= 0.6 is 11.6 Å². The summed E-state index contributed by atoms with van der Waals surface area (Å²) in [6, 6.07) is 12.2. The number of hydrogen-bond acceptors (Lipinski definition) is 7. The number of ether oxygens (including phenoxy) is 2. The third kappa shape index (κ3) is 4.96. The first-order chi connectivity index (χ1) is 13.8. The summed E-state index contributed by atoms with van der Waals surface area (Å²) in [5.41, 5.74) is 0.142. The second kappa shape index (κ2) is 8.67. The van der Waals surface area contributed by atoms with Gasteiger partial charge in [-0.3, -0.25) is 4.79 Å². The number of carbonyl (C=O) groups is 1. The second-order valence-electron chi connectivity index (χ2n) is 6.11. The van der Waals surface area contributed by atoms with E-state index in [1.54, 1.807) is 30.3 Å². The summed E-state index contributed by atoms with van der Waals surface area (Å²) >= 11 is 5.91. The van der Waals surface area contributed by atoms with Gasteiger partial charge in [0.15, 0.2) is 9.84 Å². The lowest BCUT2D eigenvalue weighted by molar-refractivity contribution is -0.144. The van der Waals surface area contributed by atoms with Crippen molar-refractivity contribution < 1.29 is 27.1 Å². The van der Waals surface area contributed by atoms with Crippen LogP contribution in [-0.2, 0) is 26.0 Å². The van der Waals surface area contributed by atoms with E-state index in [1.807, 2.05) is 0 Å². The fourth-order valence-electron chi connectivity index (χ4n) is 2.71. The molecular weight excluding hydrogens is 420 g/mol. The van der Waals surface area contributed by atoms with Crippen molar-refractivity contribution in [3.8, 4) is 5.75 Å². The number of hydrogen-bond donors (Lipinski definition) is 0. The van der Waals surface area contributed by atoms with Crippen LogP contribution in [0, 0.1) is 0 Å². The molecule has 0 aliphatic rings. The molecule has 3 rings (SSSR count). The molecule has 0 atom stereocenters. The summed E-state index contributed by atoms with van der Waals surface area (Å²) in [4.78, 5) is 23.8. The molecule has 0 bridgehead atoms. The van der Waals surface area contributed by atoms with Gasteiger partial charge in [0.25, 0.3) is 0 Å². The first-order valence-electron chi connectivity index (χ1n) is 8.54. The highest BCUT2D eigenvalue weighted by Crippen LogP contribution is 2.24. The molecule has 0 fully saturated rings. The normalized spacial score (nSPS) is 11.4. The van der Waals surface area contributed by atoms with Crippen molar-refractivity contribution in [3.63, 3.8) is 0 Å². The molecule has 9 heteroatoms. The summed E-state index contributed by atoms with van der Waals surface area (Å²) in [6.07, 6.45) is -0.346. The van der Waals surface area contributed by atoms with Gasteiger partial charge in [-0.2, -0.15) is 0 Å². The highest BCUT2D eigenvalue weighted by molar-refractivity contribution is 7.91. The molecule has 0 aliphatic heterocycles. The van der Waals surface area contributed by atoms with Crippen molar-refractivity contribution >= 4 is 38.4 Å². The maximum Gasteiger partial charge on any atom is 0.336 e. The van der Waals surface area contributed by atoms with Crippen LogP contribution in [0.2, 0.25) is 5.02 Å². The summed E-state index contributed by atoms with van der Waals surface area (Å²) in [5.74, 6) is -0.639. The third-order valence-corrected chi connectivity index (χ3v) is 6.38. The van der Waals surface area contributed by atoms with Gasteiger partial charge >= 0.3 is 11.6 Å². The zero-order valence-electron chi connectivity index (χ0n) is 15.4. The van der Waals surface area contributed by atoms with E-state index in [0.717, 1.165) is 0 Å². The maximum atomic E-state index is 12.4. The number of sulfone groups is 1. The predicted octanol–water partition coefficient (Wildman–Crippen LogP) is 3.36. The molecule has 7 nitrogen and oxygen atoms in total. The first-order valence-corrected chi connectivity index (χ1v) is 10.6. The molecule has 0 aliphatic carbocycles. The summed E-state index contributed by atoms with van der Waals surface area (Å²) < 4.78 is 40.1. The van der Waals surface area contributed by atoms with Gasteiger partial charge in [-0.25, -0.2) is 13.2 Å². The van der Waals surface area contributed by atoms with Crippen LogP contribution in [-0.4, -0.2) is 27.2 Å². The van der Waals surface area contributed by atoms with Gasteiger partial charge in [-0.1, -0.05) is 23.7 Å². The van der Waals surface area contributed by atoms with Crippen LogP contribution in [0.25, 0.3) is 11.0 Å². The molecule has 0 saturated heterocycles. The lowest BCUT2D eigenvalue weighted by Crippen LogP contribution is -2.14. The SMILES string of the molecule is COc1ccc2c(COC(=O)CCS(=O)(=O)c3ccccc3Cl)cc(=O)oc2c1. The van der Waals surface area contributed by atoms with E-state index >= 15 is 0 Å². The zero-order valence-corrected chi connectivity index (χ0v) is 17.0. The Kier molecular flexibility index (Phi) is 6.24. The van der Waals surface area contributed by atoms with E-state index in [2.05, 4.69) is 0 Å². The lowest BCUT2D eigenvalue weighted by Gasteiger charge is -2.09. The number of esters is 1. The van der Waals surface area contributed by atoms with E-state index in [4.69, 9.17) is 25.5 Å².